The van der Waals surface area contributed by atoms with Gasteiger partial charge in [0.1, 0.15) is 6.29 Å². The number of rotatable bonds is 10. The molecule has 1 amide bonds. The fraction of sp³-hybridized carbons (Fsp3) is 0.654. The lowest BCUT2D eigenvalue weighted by molar-refractivity contribution is -0.132. The molecule has 2 rings (SSSR count). The number of hydrogen-bond donors (Lipinski definition) is 1. The molecule has 0 aromatic carbocycles. The monoisotopic (exact) mass is 457 g/mol. The van der Waals surface area contributed by atoms with Gasteiger partial charge in [-0.15, -0.1) is 0 Å². The summed E-state index contributed by atoms with van der Waals surface area (Å²) in [5.41, 5.74) is 0.968. The van der Waals surface area contributed by atoms with Crippen LogP contribution in [0.15, 0.2) is 22.3 Å². The van der Waals surface area contributed by atoms with Crippen molar-refractivity contribution in [1.29, 1.82) is 5.41 Å². The maximum atomic E-state index is 13.0. The second-order valence-corrected chi connectivity index (χ2v) is 10.2. The summed E-state index contributed by atoms with van der Waals surface area (Å²) in [5.74, 6) is -0.0874. The SMILES string of the molecule is CCC1CCC(=N)N1CC(C=O)CCN(C)C(=O)CC(C)(C)C1=C(C)C(=O)C(C)=C(C)C1=O. The van der Waals surface area contributed by atoms with Gasteiger partial charge in [-0.3, -0.25) is 19.8 Å². The molecular formula is C26H39N3O4. The summed E-state index contributed by atoms with van der Waals surface area (Å²) in [6.07, 6.45) is 4.21. The quantitative estimate of drug-likeness (QED) is 0.398. The van der Waals surface area contributed by atoms with Crippen LogP contribution in [0.4, 0.5) is 0 Å². The summed E-state index contributed by atoms with van der Waals surface area (Å²) < 4.78 is 0. The van der Waals surface area contributed by atoms with Crippen molar-refractivity contribution < 1.29 is 19.2 Å². The van der Waals surface area contributed by atoms with E-state index in [1.165, 1.54) is 0 Å². The van der Waals surface area contributed by atoms with Gasteiger partial charge in [0.15, 0.2) is 11.6 Å². The highest BCUT2D eigenvalue weighted by Gasteiger charge is 2.39. The highest BCUT2D eigenvalue weighted by Crippen LogP contribution is 2.39. The zero-order valence-electron chi connectivity index (χ0n) is 21.2. The zero-order valence-corrected chi connectivity index (χ0v) is 21.2. The predicted octanol–water partition coefficient (Wildman–Crippen LogP) is 3.72. The molecule has 1 aliphatic heterocycles. The predicted molar refractivity (Wildman–Crippen MR) is 129 cm³/mol. The molecule has 2 aliphatic rings. The Morgan fingerprint density at radius 2 is 1.79 bits per heavy atom. The molecule has 2 atom stereocenters. The first-order valence-corrected chi connectivity index (χ1v) is 11.9. The number of likely N-dealkylation sites (tertiary alicyclic amines) is 1. The lowest BCUT2D eigenvalue weighted by Crippen LogP contribution is -2.39. The second-order valence-electron chi connectivity index (χ2n) is 10.2. The number of hydrogen-bond acceptors (Lipinski definition) is 5. The molecule has 0 bridgehead atoms. The van der Waals surface area contributed by atoms with E-state index in [2.05, 4.69) is 6.92 Å². The number of allylic oxidation sites excluding steroid dienone is 4. The van der Waals surface area contributed by atoms with Crippen molar-refractivity contribution in [2.75, 3.05) is 20.1 Å². The summed E-state index contributed by atoms with van der Waals surface area (Å²) in [6, 6.07) is 0.313. The average Bonchev–Trinajstić information content (AvgIpc) is 3.12. The first kappa shape index (κ1) is 26.7. The van der Waals surface area contributed by atoms with Crippen molar-refractivity contribution in [2.24, 2.45) is 11.3 Å². The Labute approximate surface area is 197 Å². The largest absolute Gasteiger partial charge is 0.357 e. The first-order valence-electron chi connectivity index (χ1n) is 11.9. The summed E-state index contributed by atoms with van der Waals surface area (Å²) in [6.45, 7) is 11.7. The number of carbonyl (C=O) groups is 4. The first-order chi connectivity index (χ1) is 15.3. The van der Waals surface area contributed by atoms with Gasteiger partial charge in [0.05, 0.1) is 5.84 Å². The van der Waals surface area contributed by atoms with E-state index in [4.69, 9.17) is 5.41 Å². The van der Waals surface area contributed by atoms with Gasteiger partial charge in [0.25, 0.3) is 0 Å². The number of Topliss-reactive ketones (excluding diaryl/α,β-unsaturated/α-hetero) is 2. The molecule has 0 saturated carbocycles. The Balaban J connectivity index is 2.02. The number of amidine groups is 1. The molecule has 0 aromatic rings. The molecule has 7 heteroatoms. The van der Waals surface area contributed by atoms with Crippen LogP contribution in [0.5, 0.6) is 0 Å². The second kappa shape index (κ2) is 10.6. The molecule has 1 heterocycles. The number of amides is 1. The van der Waals surface area contributed by atoms with E-state index in [-0.39, 0.29) is 29.8 Å². The van der Waals surface area contributed by atoms with Crippen LogP contribution in [0.1, 0.15) is 73.6 Å². The van der Waals surface area contributed by atoms with E-state index in [1.54, 1.807) is 32.7 Å². The van der Waals surface area contributed by atoms with Gasteiger partial charge in [0.2, 0.25) is 5.91 Å². The van der Waals surface area contributed by atoms with Crippen LogP contribution < -0.4 is 0 Å². The van der Waals surface area contributed by atoms with Crippen LogP contribution in [-0.4, -0.2) is 65.6 Å². The lowest BCUT2D eigenvalue weighted by atomic mass is 9.71. The molecule has 1 fully saturated rings. The third-order valence-corrected chi connectivity index (χ3v) is 7.31. The summed E-state index contributed by atoms with van der Waals surface area (Å²) in [4.78, 5) is 53.8. The maximum Gasteiger partial charge on any atom is 0.223 e. The molecule has 33 heavy (non-hydrogen) atoms. The third-order valence-electron chi connectivity index (χ3n) is 7.31. The normalized spacial score (nSPS) is 20.6. The van der Waals surface area contributed by atoms with Gasteiger partial charge >= 0.3 is 0 Å². The molecule has 1 aliphatic carbocycles. The highest BCUT2D eigenvalue weighted by molar-refractivity contribution is 6.25. The number of nitrogens with zero attached hydrogens (tertiary/aromatic N) is 2. The molecule has 1 N–H and O–H groups in total. The summed E-state index contributed by atoms with van der Waals surface area (Å²) in [7, 11) is 1.71. The minimum absolute atomic E-state index is 0.0992. The fourth-order valence-electron chi connectivity index (χ4n) is 4.96. The Hall–Kier alpha value is -2.57. The molecular weight excluding hydrogens is 418 g/mol. The van der Waals surface area contributed by atoms with Gasteiger partial charge in [0, 0.05) is 72.6 Å². The van der Waals surface area contributed by atoms with Crippen molar-refractivity contribution in [2.45, 2.75) is 79.7 Å². The standard InChI is InChI=1S/C26H39N3O4/c1-8-20-9-10-21(27)29(20)14-19(15-30)11-12-28(7)22(31)13-26(5,6)23-18(4)24(32)16(2)17(3)25(23)33/h15,19-20,27H,8-14H2,1-7H3. The van der Waals surface area contributed by atoms with Gasteiger partial charge in [-0.2, -0.15) is 0 Å². The highest BCUT2D eigenvalue weighted by atomic mass is 16.2. The van der Waals surface area contributed by atoms with Crippen LogP contribution in [0.3, 0.4) is 0 Å². The Bertz CT molecular complexity index is 912. The number of aldehydes is 1. The van der Waals surface area contributed by atoms with Crippen molar-refractivity contribution in [1.82, 2.24) is 9.80 Å². The van der Waals surface area contributed by atoms with E-state index in [0.29, 0.717) is 53.7 Å². The van der Waals surface area contributed by atoms with Crippen LogP contribution >= 0.6 is 0 Å². The third kappa shape index (κ3) is 5.68. The Morgan fingerprint density at radius 1 is 1.18 bits per heavy atom. The zero-order chi connectivity index (χ0) is 25.1. The molecule has 2 unspecified atom stereocenters. The molecule has 0 aromatic heterocycles. The molecule has 7 nitrogen and oxygen atoms in total. The van der Waals surface area contributed by atoms with E-state index in [9.17, 15) is 19.2 Å². The Kier molecular flexibility index (Phi) is 8.55. The maximum absolute atomic E-state index is 13.0. The number of nitrogens with one attached hydrogen (secondary N) is 1. The van der Waals surface area contributed by atoms with Crippen molar-refractivity contribution >= 4 is 29.6 Å². The molecule has 0 spiro atoms. The fourth-order valence-corrected chi connectivity index (χ4v) is 4.96. The van der Waals surface area contributed by atoms with Gasteiger partial charge < -0.3 is 14.6 Å². The van der Waals surface area contributed by atoms with Gasteiger partial charge in [-0.25, -0.2) is 0 Å². The van der Waals surface area contributed by atoms with Crippen LogP contribution in [0.25, 0.3) is 0 Å². The van der Waals surface area contributed by atoms with Gasteiger partial charge in [-0.1, -0.05) is 20.8 Å². The topological polar surface area (TPSA) is 98.6 Å². The number of carbonyl (C=O) groups excluding carboxylic acids is 4. The van der Waals surface area contributed by atoms with E-state index in [0.717, 1.165) is 25.5 Å². The van der Waals surface area contributed by atoms with Crippen molar-refractivity contribution in [3.05, 3.63) is 22.3 Å². The summed E-state index contributed by atoms with van der Waals surface area (Å²) in [5, 5.41) is 8.15. The smallest absolute Gasteiger partial charge is 0.223 e. The minimum atomic E-state index is -0.785. The van der Waals surface area contributed by atoms with Gasteiger partial charge in [-0.05, 0) is 40.0 Å². The van der Waals surface area contributed by atoms with Crippen molar-refractivity contribution in [3.8, 4) is 0 Å². The number of ketones is 2. The molecule has 0 radical (unpaired) electrons. The van der Waals surface area contributed by atoms with E-state index >= 15 is 0 Å². The minimum Gasteiger partial charge on any atom is -0.357 e. The van der Waals surface area contributed by atoms with Crippen LogP contribution in [0.2, 0.25) is 0 Å². The van der Waals surface area contributed by atoms with Crippen molar-refractivity contribution in [3.63, 3.8) is 0 Å². The average molecular weight is 458 g/mol. The van der Waals surface area contributed by atoms with Crippen LogP contribution in [0, 0.1) is 16.7 Å². The molecule has 182 valence electrons. The lowest BCUT2D eigenvalue weighted by Gasteiger charge is -2.33. The van der Waals surface area contributed by atoms with E-state index < -0.39 is 5.41 Å². The van der Waals surface area contributed by atoms with E-state index in [1.807, 2.05) is 18.7 Å². The Morgan fingerprint density at radius 3 is 2.36 bits per heavy atom. The molecule has 1 saturated heterocycles. The van der Waals surface area contributed by atoms with Crippen LogP contribution in [-0.2, 0) is 19.2 Å². The summed E-state index contributed by atoms with van der Waals surface area (Å²) >= 11 is 0.